The van der Waals surface area contributed by atoms with Crippen LogP contribution in [0.25, 0.3) is 21.8 Å². The maximum Gasteiger partial charge on any atom is 0.121 e. The van der Waals surface area contributed by atoms with Crippen LogP contribution >= 0.6 is 23.2 Å². The standard InChI is InChI=1S/C21H24Cl2N2O/c22-15-5-7-20-18(11-15)19-12-16(23)6-8-21(19)25(20)14-17(26)13-24-9-3-1-2-4-10-24/h5-8,11-12,17,26H,1-4,9-10,13-14H2/p+1/t17-/m0/s1. The molecule has 0 unspecified atom stereocenters. The molecule has 1 atom stereocenters. The molecule has 2 aromatic carbocycles. The fourth-order valence-electron chi connectivity index (χ4n) is 4.29. The van der Waals surface area contributed by atoms with E-state index in [1.165, 1.54) is 43.7 Å². The number of fused-ring (bicyclic) bond motifs is 3. The van der Waals surface area contributed by atoms with Crippen molar-refractivity contribution in [1.29, 1.82) is 0 Å². The maximum atomic E-state index is 10.8. The van der Waals surface area contributed by atoms with Gasteiger partial charge in [0.05, 0.1) is 19.6 Å². The van der Waals surface area contributed by atoms with Crippen molar-refractivity contribution in [2.24, 2.45) is 0 Å². The Kier molecular flexibility index (Phi) is 5.42. The molecule has 0 saturated carbocycles. The first-order chi connectivity index (χ1) is 12.6. The SMILES string of the molecule is O[C@H](Cn1c2ccc(Cl)cc2c2cc(Cl)ccc21)C[NH+]1CCCCCC1. The highest BCUT2D eigenvalue weighted by Gasteiger charge is 2.20. The van der Waals surface area contributed by atoms with Crippen LogP contribution in [0.3, 0.4) is 0 Å². The molecule has 1 fully saturated rings. The zero-order valence-electron chi connectivity index (χ0n) is 14.8. The maximum absolute atomic E-state index is 10.8. The van der Waals surface area contributed by atoms with Gasteiger partial charge in [-0.1, -0.05) is 23.2 Å². The van der Waals surface area contributed by atoms with Crippen LogP contribution in [0.5, 0.6) is 0 Å². The van der Waals surface area contributed by atoms with Gasteiger partial charge in [0.2, 0.25) is 0 Å². The van der Waals surface area contributed by atoms with Crippen LogP contribution in [0.15, 0.2) is 36.4 Å². The molecule has 4 rings (SSSR count). The van der Waals surface area contributed by atoms with E-state index in [-0.39, 0.29) is 6.10 Å². The molecule has 3 aromatic rings. The molecule has 1 aliphatic rings. The third-order valence-electron chi connectivity index (χ3n) is 5.52. The molecule has 0 radical (unpaired) electrons. The van der Waals surface area contributed by atoms with Gasteiger partial charge in [0, 0.05) is 31.9 Å². The summed E-state index contributed by atoms with van der Waals surface area (Å²) in [4.78, 5) is 1.53. The van der Waals surface area contributed by atoms with Crippen molar-refractivity contribution in [2.75, 3.05) is 19.6 Å². The Morgan fingerprint density at radius 1 is 0.885 bits per heavy atom. The number of nitrogens with one attached hydrogen (secondary N) is 1. The monoisotopic (exact) mass is 391 g/mol. The van der Waals surface area contributed by atoms with E-state index in [2.05, 4.69) is 4.57 Å². The van der Waals surface area contributed by atoms with E-state index >= 15 is 0 Å². The predicted molar refractivity (Wildman–Crippen MR) is 110 cm³/mol. The van der Waals surface area contributed by atoms with Crippen molar-refractivity contribution in [2.45, 2.75) is 38.3 Å². The fourth-order valence-corrected chi connectivity index (χ4v) is 4.63. The van der Waals surface area contributed by atoms with Crippen LogP contribution in [0.4, 0.5) is 0 Å². The lowest BCUT2D eigenvalue weighted by molar-refractivity contribution is -0.902. The van der Waals surface area contributed by atoms with Crippen LogP contribution in [0.2, 0.25) is 10.0 Å². The second-order valence-electron chi connectivity index (χ2n) is 7.46. The summed E-state index contributed by atoms with van der Waals surface area (Å²) in [6.07, 6.45) is 4.83. The van der Waals surface area contributed by atoms with Gasteiger partial charge in [0.1, 0.15) is 12.6 Å². The van der Waals surface area contributed by atoms with Crippen LogP contribution in [0.1, 0.15) is 25.7 Å². The summed E-state index contributed by atoms with van der Waals surface area (Å²) >= 11 is 12.4. The lowest BCUT2D eigenvalue weighted by atomic mass is 10.1. The largest absolute Gasteiger partial charge is 0.385 e. The molecule has 0 bridgehead atoms. The Bertz CT molecular complexity index is 854. The minimum Gasteiger partial charge on any atom is -0.385 e. The molecular weight excluding hydrogens is 367 g/mol. The summed E-state index contributed by atoms with van der Waals surface area (Å²) in [5.41, 5.74) is 2.19. The average molecular weight is 392 g/mol. The van der Waals surface area contributed by atoms with Crippen LogP contribution in [-0.4, -0.2) is 35.4 Å². The van der Waals surface area contributed by atoms with Gasteiger partial charge in [0.15, 0.2) is 0 Å². The number of aliphatic hydroxyl groups excluding tert-OH is 1. The van der Waals surface area contributed by atoms with E-state index in [1.54, 1.807) is 0 Å². The Labute approximate surface area is 164 Å². The second-order valence-corrected chi connectivity index (χ2v) is 8.33. The second kappa shape index (κ2) is 7.77. The summed E-state index contributed by atoms with van der Waals surface area (Å²) in [6.45, 7) is 3.75. The van der Waals surface area contributed by atoms with E-state index in [9.17, 15) is 5.11 Å². The average Bonchev–Trinajstić information content (AvgIpc) is 2.77. The highest BCUT2D eigenvalue weighted by Crippen LogP contribution is 2.32. The van der Waals surface area contributed by atoms with Crippen LogP contribution in [-0.2, 0) is 6.54 Å². The molecule has 1 saturated heterocycles. The molecule has 26 heavy (non-hydrogen) atoms. The molecule has 1 aromatic heterocycles. The Morgan fingerprint density at radius 3 is 1.96 bits per heavy atom. The number of likely N-dealkylation sites (tertiary alicyclic amines) is 1. The highest BCUT2D eigenvalue weighted by atomic mass is 35.5. The molecule has 0 aliphatic carbocycles. The van der Waals surface area contributed by atoms with Gasteiger partial charge < -0.3 is 14.6 Å². The molecule has 2 heterocycles. The van der Waals surface area contributed by atoms with Gasteiger partial charge in [-0.25, -0.2) is 0 Å². The predicted octanol–water partition coefficient (Wildman–Crippen LogP) is 3.92. The number of hydrogen-bond donors (Lipinski definition) is 2. The summed E-state index contributed by atoms with van der Waals surface area (Å²) in [6, 6.07) is 11.9. The van der Waals surface area contributed by atoms with Crippen LogP contribution in [0, 0.1) is 0 Å². The van der Waals surface area contributed by atoms with Crippen LogP contribution < -0.4 is 4.90 Å². The zero-order chi connectivity index (χ0) is 18.1. The first kappa shape index (κ1) is 18.1. The fraction of sp³-hybridized carbons (Fsp3) is 0.429. The minimum atomic E-state index is -0.367. The summed E-state index contributed by atoms with van der Waals surface area (Å²) in [5.74, 6) is 0. The molecule has 3 nitrogen and oxygen atoms in total. The Hall–Kier alpha value is -1.26. The van der Waals surface area contributed by atoms with Gasteiger partial charge in [-0.15, -0.1) is 0 Å². The first-order valence-corrected chi connectivity index (χ1v) is 10.3. The van der Waals surface area contributed by atoms with Crippen molar-refractivity contribution < 1.29 is 10.0 Å². The smallest absolute Gasteiger partial charge is 0.121 e. The van der Waals surface area contributed by atoms with Crippen molar-refractivity contribution in [3.63, 3.8) is 0 Å². The molecular formula is C21H25Cl2N2O+. The molecule has 5 heteroatoms. The highest BCUT2D eigenvalue weighted by molar-refractivity contribution is 6.33. The van der Waals surface area contributed by atoms with Crippen molar-refractivity contribution in [3.8, 4) is 0 Å². The summed E-state index contributed by atoms with van der Waals surface area (Å²) in [7, 11) is 0. The van der Waals surface area contributed by atoms with E-state index in [0.717, 1.165) is 28.4 Å². The Balaban J connectivity index is 1.66. The quantitative estimate of drug-likeness (QED) is 0.693. The van der Waals surface area contributed by atoms with E-state index in [1.807, 2.05) is 36.4 Å². The lowest BCUT2D eigenvalue weighted by Gasteiger charge is -2.21. The minimum absolute atomic E-state index is 0.367. The third kappa shape index (κ3) is 3.72. The number of hydrogen-bond acceptors (Lipinski definition) is 1. The van der Waals surface area contributed by atoms with E-state index in [0.29, 0.717) is 16.6 Å². The topological polar surface area (TPSA) is 29.6 Å². The van der Waals surface area contributed by atoms with Gasteiger partial charge in [-0.2, -0.15) is 0 Å². The third-order valence-corrected chi connectivity index (χ3v) is 5.99. The van der Waals surface area contributed by atoms with Gasteiger partial charge in [-0.05, 0) is 62.1 Å². The molecule has 1 aliphatic heterocycles. The number of quaternary nitrogens is 1. The summed E-state index contributed by atoms with van der Waals surface area (Å²) in [5, 5.41) is 14.4. The number of aliphatic hydroxyl groups is 1. The molecule has 2 N–H and O–H groups in total. The lowest BCUT2D eigenvalue weighted by Crippen LogP contribution is -3.13. The molecule has 0 amide bonds. The number of rotatable bonds is 4. The molecule has 138 valence electrons. The number of halogens is 2. The van der Waals surface area contributed by atoms with Crippen molar-refractivity contribution in [3.05, 3.63) is 46.4 Å². The van der Waals surface area contributed by atoms with E-state index in [4.69, 9.17) is 23.2 Å². The first-order valence-electron chi connectivity index (χ1n) is 9.50. The normalized spacial score (nSPS) is 17.7. The Morgan fingerprint density at radius 2 is 1.42 bits per heavy atom. The number of benzene rings is 2. The van der Waals surface area contributed by atoms with Gasteiger partial charge in [0.25, 0.3) is 0 Å². The van der Waals surface area contributed by atoms with Gasteiger partial charge in [-0.3, -0.25) is 0 Å². The van der Waals surface area contributed by atoms with Gasteiger partial charge >= 0.3 is 0 Å². The van der Waals surface area contributed by atoms with E-state index < -0.39 is 0 Å². The van der Waals surface area contributed by atoms with Crippen molar-refractivity contribution >= 4 is 45.0 Å². The van der Waals surface area contributed by atoms with Crippen molar-refractivity contribution in [1.82, 2.24) is 4.57 Å². The number of nitrogens with zero attached hydrogens (tertiary/aromatic N) is 1. The molecule has 0 spiro atoms. The zero-order valence-corrected chi connectivity index (χ0v) is 16.4. The summed E-state index contributed by atoms with van der Waals surface area (Å²) < 4.78 is 2.21. The number of aromatic nitrogens is 1.